The summed E-state index contributed by atoms with van der Waals surface area (Å²) >= 11 is 0. The van der Waals surface area contributed by atoms with Gasteiger partial charge in [0.15, 0.2) is 0 Å². The quantitative estimate of drug-likeness (QED) is 0.702. The van der Waals surface area contributed by atoms with E-state index in [0.29, 0.717) is 36.7 Å². The molecular weight excluding hydrogens is 372 g/mol. The summed E-state index contributed by atoms with van der Waals surface area (Å²) in [5, 5.41) is 9.77. The fraction of sp³-hybridized carbons (Fsp3) is 0.591. The lowest BCUT2D eigenvalue weighted by atomic mass is 9.75. The molecule has 2 saturated heterocycles. The van der Waals surface area contributed by atoms with Crippen molar-refractivity contribution in [3.8, 4) is 5.75 Å². The van der Waals surface area contributed by atoms with Gasteiger partial charge >= 0.3 is 0 Å². The minimum Gasteiger partial charge on any atom is -0.497 e. The second kappa shape index (κ2) is 8.53. The third kappa shape index (κ3) is 4.29. The summed E-state index contributed by atoms with van der Waals surface area (Å²) in [6.45, 7) is 5.20. The number of hydrogen-bond acceptors (Lipinski definition) is 5. The van der Waals surface area contributed by atoms with E-state index in [1.165, 1.54) is 4.90 Å². The van der Waals surface area contributed by atoms with Crippen molar-refractivity contribution >= 4 is 17.7 Å². The number of aliphatic hydroxyl groups excluding tert-OH is 1. The van der Waals surface area contributed by atoms with Crippen LogP contribution in [-0.2, 0) is 19.8 Å². The van der Waals surface area contributed by atoms with Crippen LogP contribution in [-0.4, -0.2) is 65.5 Å². The van der Waals surface area contributed by atoms with Gasteiger partial charge in [-0.2, -0.15) is 0 Å². The number of nitrogens with zero attached hydrogens (tertiary/aromatic N) is 2. The van der Waals surface area contributed by atoms with Gasteiger partial charge in [-0.15, -0.1) is 0 Å². The Morgan fingerprint density at radius 3 is 2.52 bits per heavy atom. The van der Waals surface area contributed by atoms with Crippen LogP contribution in [0.3, 0.4) is 0 Å². The highest BCUT2D eigenvalue weighted by Crippen LogP contribution is 2.41. The number of imide groups is 1. The number of likely N-dealkylation sites (tertiary alicyclic amines) is 2. The van der Waals surface area contributed by atoms with Crippen LogP contribution < -0.4 is 4.74 Å². The van der Waals surface area contributed by atoms with Crippen LogP contribution in [0.2, 0.25) is 0 Å². The smallest absolute Gasteiger partial charge is 0.240 e. The van der Waals surface area contributed by atoms with Crippen LogP contribution in [0.5, 0.6) is 5.75 Å². The molecule has 1 aromatic carbocycles. The number of ether oxygens (including phenoxy) is 1. The summed E-state index contributed by atoms with van der Waals surface area (Å²) in [6, 6.07) is 7.02. The van der Waals surface area contributed by atoms with Crippen molar-refractivity contribution in [3.63, 3.8) is 0 Å². The van der Waals surface area contributed by atoms with Crippen LogP contribution in [0.15, 0.2) is 24.3 Å². The van der Waals surface area contributed by atoms with Crippen LogP contribution >= 0.6 is 0 Å². The first-order valence-electron chi connectivity index (χ1n) is 10.2. The van der Waals surface area contributed by atoms with Crippen LogP contribution in [0, 0.1) is 5.92 Å². The Morgan fingerprint density at radius 1 is 1.28 bits per heavy atom. The zero-order valence-corrected chi connectivity index (χ0v) is 17.4. The molecule has 2 aliphatic rings. The molecule has 7 heteroatoms. The maximum Gasteiger partial charge on any atom is 0.240 e. The number of methoxy groups -OCH3 is 1. The van der Waals surface area contributed by atoms with E-state index in [2.05, 4.69) is 0 Å². The van der Waals surface area contributed by atoms with Gasteiger partial charge in [-0.3, -0.25) is 19.3 Å². The third-order valence-corrected chi connectivity index (χ3v) is 5.95. The molecule has 2 heterocycles. The second-order valence-corrected chi connectivity index (χ2v) is 8.48. The molecule has 1 aromatic rings. The van der Waals surface area contributed by atoms with Gasteiger partial charge in [0, 0.05) is 32.5 Å². The van der Waals surface area contributed by atoms with Gasteiger partial charge in [0.05, 0.1) is 18.6 Å². The van der Waals surface area contributed by atoms with E-state index < -0.39 is 11.5 Å². The molecule has 7 nitrogen and oxygen atoms in total. The van der Waals surface area contributed by atoms with Crippen molar-refractivity contribution in [2.75, 3.05) is 26.7 Å². The fourth-order valence-electron chi connectivity index (χ4n) is 4.13. The third-order valence-electron chi connectivity index (χ3n) is 5.95. The van der Waals surface area contributed by atoms with Gasteiger partial charge in [-0.25, -0.2) is 0 Å². The molecule has 0 unspecified atom stereocenters. The van der Waals surface area contributed by atoms with Crippen molar-refractivity contribution in [2.45, 2.75) is 51.0 Å². The van der Waals surface area contributed by atoms with E-state index in [9.17, 15) is 19.5 Å². The molecule has 0 saturated carbocycles. The van der Waals surface area contributed by atoms with E-state index in [0.717, 1.165) is 6.42 Å². The summed E-state index contributed by atoms with van der Waals surface area (Å²) in [7, 11) is 1.56. The molecule has 0 aliphatic carbocycles. The number of carbonyl (C=O) groups is 3. The average Bonchev–Trinajstić information content (AvgIpc) is 3.22. The number of carbonyl (C=O) groups excluding carboxylic acids is 3. The molecule has 29 heavy (non-hydrogen) atoms. The molecule has 0 radical (unpaired) electrons. The Bertz CT molecular complexity index is 776. The van der Waals surface area contributed by atoms with E-state index in [1.807, 2.05) is 13.8 Å². The standard InChI is InChI=1S/C22H30N2O5/c1-15(2)8-11-24-20(27)13-22(21(24)28,16-4-6-18(29-3)7-5-16)12-19(26)23-10-9-17(25)14-23/h4-7,15,17,25H,8-14H2,1-3H3/t17-,22+/m1/s1. The van der Waals surface area contributed by atoms with E-state index in [4.69, 9.17) is 4.74 Å². The van der Waals surface area contributed by atoms with Gasteiger partial charge in [0.25, 0.3) is 0 Å². The van der Waals surface area contributed by atoms with Crippen molar-refractivity contribution in [1.82, 2.24) is 9.80 Å². The largest absolute Gasteiger partial charge is 0.497 e. The normalized spacial score (nSPS) is 24.7. The maximum atomic E-state index is 13.5. The molecule has 1 N–H and O–H groups in total. The van der Waals surface area contributed by atoms with Crippen molar-refractivity contribution < 1.29 is 24.2 Å². The minimum absolute atomic E-state index is 0.0155. The molecule has 3 amide bonds. The molecule has 3 rings (SSSR count). The van der Waals surface area contributed by atoms with Crippen LogP contribution in [0.4, 0.5) is 0 Å². The van der Waals surface area contributed by atoms with Crippen molar-refractivity contribution in [1.29, 1.82) is 0 Å². The number of amides is 3. The number of rotatable bonds is 7. The molecular formula is C22H30N2O5. The average molecular weight is 402 g/mol. The Balaban J connectivity index is 1.92. The Kier molecular flexibility index (Phi) is 6.27. The van der Waals surface area contributed by atoms with E-state index in [-0.39, 0.29) is 37.1 Å². The molecule has 0 spiro atoms. The Labute approximate surface area is 171 Å². The highest BCUT2D eigenvalue weighted by atomic mass is 16.5. The first-order valence-corrected chi connectivity index (χ1v) is 10.2. The summed E-state index contributed by atoms with van der Waals surface area (Å²) in [5.74, 6) is 0.261. The summed E-state index contributed by atoms with van der Waals surface area (Å²) < 4.78 is 5.21. The highest BCUT2D eigenvalue weighted by molar-refractivity contribution is 6.10. The second-order valence-electron chi connectivity index (χ2n) is 8.48. The zero-order chi connectivity index (χ0) is 21.2. The summed E-state index contributed by atoms with van der Waals surface area (Å²) in [5.41, 5.74) is -0.554. The topological polar surface area (TPSA) is 87.2 Å². The predicted octanol–water partition coefficient (Wildman–Crippen LogP) is 1.72. The summed E-state index contributed by atoms with van der Waals surface area (Å²) in [6.07, 6.45) is 0.643. The van der Waals surface area contributed by atoms with Gasteiger partial charge in [-0.1, -0.05) is 26.0 Å². The number of aliphatic hydroxyl groups is 1. The number of hydrogen-bond donors (Lipinski definition) is 1. The minimum atomic E-state index is -1.20. The molecule has 0 bridgehead atoms. The zero-order valence-electron chi connectivity index (χ0n) is 17.4. The van der Waals surface area contributed by atoms with Crippen LogP contribution in [0.1, 0.15) is 45.1 Å². The molecule has 158 valence electrons. The first kappa shape index (κ1) is 21.3. The SMILES string of the molecule is COc1ccc([C@]2(CC(=O)N3CC[C@@H](O)C3)CC(=O)N(CCC(C)C)C2=O)cc1. The lowest BCUT2D eigenvalue weighted by Crippen LogP contribution is -2.43. The van der Waals surface area contributed by atoms with Crippen LogP contribution in [0.25, 0.3) is 0 Å². The van der Waals surface area contributed by atoms with Crippen molar-refractivity contribution in [2.24, 2.45) is 5.92 Å². The predicted molar refractivity (Wildman–Crippen MR) is 107 cm³/mol. The number of β-amino-alcohol motifs (C(OH)–C–C–N with tert-alkyl or cyclic N) is 1. The van der Waals surface area contributed by atoms with Gasteiger partial charge in [-0.05, 0) is 36.5 Å². The first-order chi connectivity index (χ1) is 13.8. The van der Waals surface area contributed by atoms with Gasteiger partial charge in [0.2, 0.25) is 17.7 Å². The summed E-state index contributed by atoms with van der Waals surface area (Å²) in [4.78, 5) is 42.1. The fourth-order valence-corrected chi connectivity index (χ4v) is 4.13. The van der Waals surface area contributed by atoms with E-state index >= 15 is 0 Å². The Hall–Kier alpha value is -2.41. The maximum absolute atomic E-state index is 13.5. The van der Waals surface area contributed by atoms with E-state index in [1.54, 1.807) is 36.3 Å². The molecule has 0 aromatic heterocycles. The number of benzene rings is 1. The van der Waals surface area contributed by atoms with Gasteiger partial charge < -0.3 is 14.7 Å². The molecule has 2 aliphatic heterocycles. The Morgan fingerprint density at radius 2 is 1.97 bits per heavy atom. The monoisotopic (exact) mass is 402 g/mol. The van der Waals surface area contributed by atoms with Crippen molar-refractivity contribution in [3.05, 3.63) is 29.8 Å². The van der Waals surface area contributed by atoms with Gasteiger partial charge in [0.1, 0.15) is 5.75 Å². The lowest BCUT2D eigenvalue weighted by Gasteiger charge is -2.29. The molecule has 2 atom stereocenters. The lowest BCUT2D eigenvalue weighted by molar-refractivity contribution is -0.142. The highest BCUT2D eigenvalue weighted by Gasteiger charge is 2.54. The molecule has 2 fully saturated rings.